The third kappa shape index (κ3) is 2.28. The second kappa shape index (κ2) is 4.78. The number of halogens is 1. The van der Waals surface area contributed by atoms with Crippen molar-refractivity contribution in [2.75, 3.05) is 0 Å². The number of rotatable bonds is 1. The molecule has 3 nitrogen and oxygen atoms in total. The molecule has 2 heterocycles. The van der Waals surface area contributed by atoms with E-state index in [2.05, 4.69) is 0 Å². The molecule has 0 fully saturated rings. The van der Waals surface area contributed by atoms with Crippen molar-refractivity contribution in [3.8, 4) is 5.75 Å². The van der Waals surface area contributed by atoms with Crippen LogP contribution >= 0.6 is 11.6 Å². The van der Waals surface area contributed by atoms with Gasteiger partial charge in [-0.1, -0.05) is 17.7 Å². The fourth-order valence-corrected chi connectivity index (χ4v) is 2.71. The number of pyridine rings is 1. The first-order valence-electron chi connectivity index (χ1n) is 6.78. The van der Waals surface area contributed by atoms with Crippen LogP contribution in [0.1, 0.15) is 26.3 Å². The summed E-state index contributed by atoms with van der Waals surface area (Å²) in [5, 5.41) is 0.617. The summed E-state index contributed by atoms with van der Waals surface area (Å²) in [4.78, 5) is 12.2. The van der Waals surface area contributed by atoms with E-state index in [1.54, 1.807) is 29.0 Å². The molecule has 0 spiro atoms. The van der Waals surface area contributed by atoms with Crippen molar-refractivity contribution in [2.45, 2.75) is 26.4 Å². The maximum Gasteiger partial charge on any atom is 0.255 e. The molecule has 0 N–H and O–H groups in total. The van der Waals surface area contributed by atoms with Gasteiger partial charge in [0.2, 0.25) is 0 Å². The van der Waals surface area contributed by atoms with Crippen molar-refractivity contribution in [1.82, 2.24) is 4.57 Å². The molecule has 1 aromatic carbocycles. The Hall–Kier alpha value is -2.00. The van der Waals surface area contributed by atoms with Crippen LogP contribution in [0.15, 0.2) is 53.0 Å². The number of ether oxygens (including phenoxy) is 1. The molecule has 0 amide bonds. The summed E-state index contributed by atoms with van der Waals surface area (Å²) in [6.45, 7) is 5.97. The van der Waals surface area contributed by atoms with E-state index in [1.165, 1.54) is 0 Å². The summed E-state index contributed by atoms with van der Waals surface area (Å²) in [7, 11) is 0. The van der Waals surface area contributed by atoms with Gasteiger partial charge in [-0.2, -0.15) is 0 Å². The third-order valence-corrected chi connectivity index (χ3v) is 4.12. The smallest absolute Gasteiger partial charge is 0.255 e. The first-order chi connectivity index (χ1) is 9.90. The Morgan fingerprint density at radius 1 is 1.19 bits per heavy atom. The fourth-order valence-electron chi connectivity index (χ4n) is 2.54. The molecule has 1 aromatic heterocycles. The first-order valence-corrected chi connectivity index (χ1v) is 7.16. The van der Waals surface area contributed by atoms with Crippen LogP contribution < -0.4 is 10.3 Å². The van der Waals surface area contributed by atoms with E-state index in [9.17, 15) is 4.79 Å². The molecule has 0 atom stereocenters. The normalized spacial score (nSPS) is 16.4. The van der Waals surface area contributed by atoms with E-state index < -0.39 is 5.60 Å². The molecule has 1 aliphatic heterocycles. The minimum Gasteiger partial charge on any atom is -0.483 e. The SMILES string of the molecule is CC1=C(n2ccccc2=O)c2cc(Cl)ccc2OC1(C)C. The molecule has 0 radical (unpaired) electrons. The predicted octanol–water partition coefficient (Wildman–Crippen LogP) is 3.95. The van der Waals surface area contributed by atoms with Crippen LogP contribution in [0.3, 0.4) is 0 Å². The second-order valence-corrected chi connectivity index (χ2v) is 6.07. The minimum atomic E-state index is -0.481. The Labute approximate surface area is 128 Å². The Balaban J connectivity index is 2.37. The molecule has 4 heteroatoms. The van der Waals surface area contributed by atoms with E-state index in [4.69, 9.17) is 16.3 Å². The van der Waals surface area contributed by atoms with E-state index in [0.29, 0.717) is 5.02 Å². The predicted molar refractivity (Wildman–Crippen MR) is 84.9 cm³/mol. The van der Waals surface area contributed by atoms with Gasteiger partial charge in [0.15, 0.2) is 0 Å². The molecule has 0 saturated heterocycles. The zero-order valence-corrected chi connectivity index (χ0v) is 12.9. The monoisotopic (exact) mass is 301 g/mol. The summed E-state index contributed by atoms with van der Waals surface area (Å²) >= 11 is 6.12. The van der Waals surface area contributed by atoms with Crippen LogP contribution in [-0.4, -0.2) is 10.2 Å². The van der Waals surface area contributed by atoms with E-state index in [-0.39, 0.29) is 5.56 Å². The van der Waals surface area contributed by atoms with Crippen molar-refractivity contribution in [3.63, 3.8) is 0 Å². The van der Waals surface area contributed by atoms with Gasteiger partial charge < -0.3 is 4.74 Å². The minimum absolute atomic E-state index is 0.0736. The van der Waals surface area contributed by atoms with Gasteiger partial charge in [0.05, 0.1) is 5.70 Å². The Morgan fingerprint density at radius 3 is 2.67 bits per heavy atom. The quantitative estimate of drug-likeness (QED) is 0.798. The average Bonchev–Trinajstić information content (AvgIpc) is 2.42. The molecule has 0 bridgehead atoms. The summed E-state index contributed by atoms with van der Waals surface area (Å²) < 4.78 is 7.69. The Kier molecular flexibility index (Phi) is 3.18. The highest BCUT2D eigenvalue weighted by Crippen LogP contribution is 2.41. The lowest BCUT2D eigenvalue weighted by atomic mass is 9.90. The van der Waals surface area contributed by atoms with Crippen molar-refractivity contribution in [3.05, 3.63) is 69.1 Å². The Morgan fingerprint density at radius 2 is 1.95 bits per heavy atom. The van der Waals surface area contributed by atoms with Gasteiger partial charge in [0.1, 0.15) is 11.4 Å². The molecule has 21 heavy (non-hydrogen) atoms. The molecule has 2 aromatic rings. The second-order valence-electron chi connectivity index (χ2n) is 5.64. The number of hydrogen-bond acceptors (Lipinski definition) is 2. The highest BCUT2D eigenvalue weighted by Gasteiger charge is 2.33. The lowest BCUT2D eigenvalue weighted by molar-refractivity contribution is 0.143. The van der Waals surface area contributed by atoms with Crippen LogP contribution in [0.4, 0.5) is 0 Å². The first kappa shape index (κ1) is 14.0. The maximum atomic E-state index is 12.2. The van der Waals surface area contributed by atoms with Crippen molar-refractivity contribution >= 4 is 17.3 Å². The summed E-state index contributed by atoms with van der Waals surface area (Å²) in [6.07, 6.45) is 1.77. The lowest BCUT2D eigenvalue weighted by Crippen LogP contribution is -2.36. The average molecular weight is 302 g/mol. The molecular formula is C17H16ClNO2. The zero-order valence-electron chi connectivity index (χ0n) is 12.2. The van der Waals surface area contributed by atoms with E-state index in [1.807, 2.05) is 39.0 Å². The van der Waals surface area contributed by atoms with Crippen molar-refractivity contribution in [2.24, 2.45) is 0 Å². The highest BCUT2D eigenvalue weighted by molar-refractivity contribution is 6.30. The van der Waals surface area contributed by atoms with Crippen LogP contribution in [0, 0.1) is 0 Å². The van der Waals surface area contributed by atoms with E-state index >= 15 is 0 Å². The Bertz CT molecular complexity index is 802. The molecule has 108 valence electrons. The zero-order chi connectivity index (χ0) is 15.2. The summed E-state index contributed by atoms with van der Waals surface area (Å²) in [6, 6.07) is 10.6. The van der Waals surface area contributed by atoms with E-state index in [0.717, 1.165) is 22.6 Å². The van der Waals surface area contributed by atoms with Gasteiger partial charge in [-0.3, -0.25) is 9.36 Å². The van der Waals surface area contributed by atoms with Crippen LogP contribution in [0.25, 0.3) is 5.70 Å². The van der Waals surface area contributed by atoms with Gasteiger partial charge in [0, 0.05) is 22.8 Å². The molecule has 3 rings (SSSR count). The van der Waals surface area contributed by atoms with Crippen LogP contribution in [0.5, 0.6) is 5.75 Å². The standard InChI is InChI=1S/C17H16ClNO2/c1-11-16(19-9-5-4-6-15(19)20)13-10-12(18)7-8-14(13)21-17(11,2)3/h4-10H,1-3H3. The summed E-state index contributed by atoms with van der Waals surface area (Å²) in [5.41, 5.74) is 2.12. The summed E-state index contributed by atoms with van der Waals surface area (Å²) in [5.74, 6) is 0.737. The van der Waals surface area contributed by atoms with Crippen molar-refractivity contribution < 1.29 is 4.74 Å². The number of nitrogens with zero attached hydrogens (tertiary/aromatic N) is 1. The largest absolute Gasteiger partial charge is 0.483 e. The number of aromatic nitrogens is 1. The third-order valence-electron chi connectivity index (χ3n) is 3.88. The fraction of sp³-hybridized carbons (Fsp3) is 0.235. The highest BCUT2D eigenvalue weighted by atomic mass is 35.5. The van der Waals surface area contributed by atoms with Gasteiger partial charge in [0.25, 0.3) is 5.56 Å². The molecule has 0 unspecified atom stereocenters. The maximum absolute atomic E-state index is 12.2. The molecular weight excluding hydrogens is 286 g/mol. The van der Waals surface area contributed by atoms with Gasteiger partial charge in [-0.15, -0.1) is 0 Å². The molecule has 0 aliphatic carbocycles. The van der Waals surface area contributed by atoms with Gasteiger partial charge in [-0.25, -0.2) is 0 Å². The molecule has 0 saturated carbocycles. The number of fused-ring (bicyclic) bond motifs is 1. The van der Waals surface area contributed by atoms with Gasteiger partial charge >= 0.3 is 0 Å². The van der Waals surface area contributed by atoms with Crippen LogP contribution in [-0.2, 0) is 0 Å². The van der Waals surface area contributed by atoms with Crippen LogP contribution in [0.2, 0.25) is 5.02 Å². The lowest BCUT2D eigenvalue weighted by Gasteiger charge is -2.36. The van der Waals surface area contributed by atoms with Crippen molar-refractivity contribution in [1.29, 1.82) is 0 Å². The number of benzene rings is 1. The molecule has 1 aliphatic rings. The topological polar surface area (TPSA) is 31.2 Å². The van der Waals surface area contributed by atoms with Gasteiger partial charge in [-0.05, 0) is 50.6 Å². The number of hydrogen-bond donors (Lipinski definition) is 0.